The summed E-state index contributed by atoms with van der Waals surface area (Å²) in [4.78, 5) is 45.0. The van der Waals surface area contributed by atoms with E-state index in [0.717, 1.165) is 24.8 Å². The maximum absolute atomic E-state index is 13.2. The summed E-state index contributed by atoms with van der Waals surface area (Å²) in [6.45, 7) is 7.10. The molecule has 2 aliphatic rings. The lowest BCUT2D eigenvalue weighted by atomic mass is 10.0. The predicted octanol–water partition coefficient (Wildman–Crippen LogP) is 1.27. The van der Waals surface area contributed by atoms with Crippen LogP contribution in [0.1, 0.15) is 52.0 Å². The first kappa shape index (κ1) is 25.9. The van der Waals surface area contributed by atoms with Crippen LogP contribution in [-0.2, 0) is 20.8 Å². The van der Waals surface area contributed by atoms with Gasteiger partial charge in [-0.25, -0.2) is 4.98 Å². The van der Waals surface area contributed by atoms with Crippen LogP contribution < -0.4 is 20.7 Å². The van der Waals surface area contributed by atoms with E-state index in [9.17, 15) is 14.4 Å². The Morgan fingerprint density at radius 3 is 2.65 bits per heavy atom. The quantitative estimate of drug-likeness (QED) is 0.610. The Morgan fingerprint density at radius 1 is 1.18 bits per heavy atom. The van der Waals surface area contributed by atoms with Crippen LogP contribution >= 0.6 is 0 Å². The lowest BCUT2D eigenvalue weighted by molar-refractivity contribution is -0.141. The largest absolute Gasteiger partial charge is 0.476 e. The second kappa shape index (κ2) is 12.1. The summed E-state index contributed by atoms with van der Waals surface area (Å²) in [6.07, 6.45) is 5.63. The third-order valence-corrected chi connectivity index (χ3v) is 6.48. The van der Waals surface area contributed by atoms with E-state index in [-0.39, 0.29) is 35.6 Å². The molecule has 0 spiro atoms. The molecule has 34 heavy (non-hydrogen) atoms. The van der Waals surface area contributed by atoms with Gasteiger partial charge < -0.3 is 25.6 Å². The fraction of sp³-hybridized carbons (Fsp3) is 0.680. The van der Waals surface area contributed by atoms with Gasteiger partial charge in [0.15, 0.2) is 0 Å². The van der Waals surface area contributed by atoms with Crippen LogP contribution in [0, 0.1) is 11.8 Å². The predicted molar refractivity (Wildman–Crippen MR) is 129 cm³/mol. The van der Waals surface area contributed by atoms with Gasteiger partial charge in [-0.2, -0.15) is 0 Å². The van der Waals surface area contributed by atoms with Crippen LogP contribution in [-0.4, -0.2) is 72.5 Å². The van der Waals surface area contributed by atoms with Gasteiger partial charge >= 0.3 is 0 Å². The number of ether oxygens (including phenoxy) is 1. The topological polar surface area (TPSA) is 113 Å². The Balaban J connectivity index is 1.78. The molecule has 9 heteroatoms. The van der Waals surface area contributed by atoms with E-state index < -0.39 is 12.1 Å². The van der Waals surface area contributed by atoms with Crippen molar-refractivity contribution in [3.05, 3.63) is 23.9 Å². The maximum atomic E-state index is 13.2. The van der Waals surface area contributed by atoms with E-state index in [0.29, 0.717) is 38.4 Å². The van der Waals surface area contributed by atoms with E-state index >= 15 is 0 Å². The number of amides is 3. The molecular weight excluding hydrogens is 434 g/mol. The molecule has 0 aromatic carbocycles. The SMILES string of the molecule is CC(C)C[C@H]1NC(=O)[C@@H](C)N(C)C(=O)[C@H](C2CC2)NCCOc2ncccc2CCCNC1=O. The number of carbonyl (C=O) groups excluding carboxylic acids is 3. The fourth-order valence-electron chi connectivity index (χ4n) is 4.19. The summed E-state index contributed by atoms with van der Waals surface area (Å²) in [5, 5.41) is 9.17. The van der Waals surface area contributed by atoms with Crippen molar-refractivity contribution in [3.8, 4) is 5.88 Å². The van der Waals surface area contributed by atoms with Crippen molar-refractivity contribution in [2.24, 2.45) is 11.8 Å². The Morgan fingerprint density at radius 2 is 1.94 bits per heavy atom. The van der Waals surface area contributed by atoms with Gasteiger partial charge in [0.05, 0.1) is 6.04 Å². The molecule has 1 aromatic heterocycles. The monoisotopic (exact) mass is 473 g/mol. The van der Waals surface area contributed by atoms with Crippen molar-refractivity contribution >= 4 is 17.7 Å². The molecule has 0 saturated heterocycles. The summed E-state index contributed by atoms with van der Waals surface area (Å²) in [5.74, 6) is 0.430. The van der Waals surface area contributed by atoms with Crippen molar-refractivity contribution in [1.82, 2.24) is 25.8 Å². The third kappa shape index (κ3) is 7.16. The standard InChI is InChI=1S/C25H39N5O4/c1-16(2)15-20-23(32)27-11-5-7-19-8-6-12-28-24(19)34-14-13-26-21(18-9-10-18)25(33)30(4)17(3)22(31)29-20/h6,8,12,16-18,20-21,26H,5,7,9-11,13-15H2,1-4H3,(H,27,32)(H,29,31)/t17-,20-,21+/m1/s1. The Hall–Kier alpha value is -2.68. The zero-order chi connectivity index (χ0) is 24.7. The lowest BCUT2D eigenvalue weighted by Crippen LogP contribution is -2.56. The van der Waals surface area contributed by atoms with Gasteiger partial charge in [-0.1, -0.05) is 19.9 Å². The molecule has 0 bridgehead atoms. The molecule has 0 unspecified atom stereocenters. The van der Waals surface area contributed by atoms with Crippen molar-refractivity contribution in [3.63, 3.8) is 0 Å². The molecule has 1 aromatic rings. The number of carbonyl (C=O) groups is 3. The fourth-order valence-corrected chi connectivity index (χ4v) is 4.19. The lowest BCUT2D eigenvalue weighted by Gasteiger charge is -2.30. The van der Waals surface area contributed by atoms with Gasteiger partial charge in [0.2, 0.25) is 23.6 Å². The minimum absolute atomic E-state index is 0.116. The van der Waals surface area contributed by atoms with Crippen molar-refractivity contribution < 1.29 is 19.1 Å². The molecule has 9 nitrogen and oxygen atoms in total. The highest BCUT2D eigenvalue weighted by molar-refractivity contribution is 5.93. The molecule has 3 rings (SSSR count). The molecule has 0 radical (unpaired) electrons. The van der Waals surface area contributed by atoms with Gasteiger partial charge in [0.1, 0.15) is 18.7 Å². The minimum Gasteiger partial charge on any atom is -0.476 e. The van der Waals surface area contributed by atoms with E-state index in [4.69, 9.17) is 4.74 Å². The molecule has 1 saturated carbocycles. The summed E-state index contributed by atoms with van der Waals surface area (Å²) in [7, 11) is 1.65. The van der Waals surface area contributed by atoms with Crippen LogP contribution in [0.3, 0.4) is 0 Å². The highest BCUT2D eigenvalue weighted by Crippen LogP contribution is 2.33. The number of hydrogen-bond acceptors (Lipinski definition) is 6. The van der Waals surface area contributed by atoms with Gasteiger partial charge in [0.25, 0.3) is 0 Å². The average Bonchev–Trinajstić information content (AvgIpc) is 3.65. The molecule has 3 N–H and O–H groups in total. The first-order chi connectivity index (χ1) is 16.3. The second-order valence-electron chi connectivity index (χ2n) is 9.80. The number of rotatable bonds is 3. The number of nitrogens with zero attached hydrogens (tertiary/aromatic N) is 2. The van der Waals surface area contributed by atoms with E-state index in [2.05, 4.69) is 20.9 Å². The zero-order valence-corrected chi connectivity index (χ0v) is 20.8. The third-order valence-electron chi connectivity index (χ3n) is 6.48. The number of fused-ring (bicyclic) bond motifs is 1. The van der Waals surface area contributed by atoms with Crippen LogP contribution in [0.15, 0.2) is 18.3 Å². The minimum atomic E-state index is -0.691. The number of aromatic nitrogens is 1. The Labute approximate surface area is 202 Å². The molecule has 3 amide bonds. The average molecular weight is 474 g/mol. The van der Waals surface area contributed by atoms with Crippen LogP contribution in [0.4, 0.5) is 0 Å². The molecule has 1 aliphatic heterocycles. The van der Waals surface area contributed by atoms with Crippen molar-refractivity contribution in [1.29, 1.82) is 0 Å². The summed E-state index contributed by atoms with van der Waals surface area (Å²) in [5.41, 5.74) is 0.980. The van der Waals surface area contributed by atoms with Gasteiger partial charge in [0, 0.05) is 31.9 Å². The molecular formula is C25H39N5O4. The normalized spacial score (nSPS) is 26.1. The van der Waals surface area contributed by atoms with Crippen LogP contribution in [0.25, 0.3) is 0 Å². The Kier molecular flexibility index (Phi) is 9.27. The first-order valence-corrected chi connectivity index (χ1v) is 12.4. The smallest absolute Gasteiger partial charge is 0.243 e. The van der Waals surface area contributed by atoms with Gasteiger partial charge in [-0.05, 0) is 56.9 Å². The van der Waals surface area contributed by atoms with E-state index in [1.807, 2.05) is 26.0 Å². The van der Waals surface area contributed by atoms with Gasteiger partial charge in [-0.3, -0.25) is 14.4 Å². The number of pyridine rings is 1. The maximum Gasteiger partial charge on any atom is 0.243 e. The van der Waals surface area contributed by atoms with E-state index in [1.165, 1.54) is 4.90 Å². The van der Waals surface area contributed by atoms with Gasteiger partial charge in [-0.15, -0.1) is 0 Å². The van der Waals surface area contributed by atoms with Crippen molar-refractivity contribution in [2.75, 3.05) is 26.7 Å². The summed E-state index contributed by atoms with van der Waals surface area (Å²) < 4.78 is 5.91. The zero-order valence-electron chi connectivity index (χ0n) is 20.8. The van der Waals surface area contributed by atoms with Crippen LogP contribution in [0.2, 0.25) is 0 Å². The first-order valence-electron chi connectivity index (χ1n) is 12.4. The number of likely N-dealkylation sites (N-methyl/N-ethyl adjacent to an activating group) is 1. The second-order valence-corrected chi connectivity index (χ2v) is 9.80. The van der Waals surface area contributed by atoms with Crippen LogP contribution in [0.5, 0.6) is 5.88 Å². The molecule has 1 aliphatic carbocycles. The molecule has 1 fully saturated rings. The number of hydrogen-bond donors (Lipinski definition) is 3. The van der Waals surface area contributed by atoms with E-state index in [1.54, 1.807) is 20.2 Å². The molecule has 2 heterocycles. The number of aryl methyl sites for hydroxylation is 1. The molecule has 3 atom stereocenters. The van der Waals surface area contributed by atoms with Crippen molar-refractivity contribution in [2.45, 2.75) is 71.0 Å². The number of nitrogens with one attached hydrogen (secondary N) is 3. The Bertz CT molecular complexity index is 857. The molecule has 188 valence electrons. The summed E-state index contributed by atoms with van der Waals surface area (Å²) >= 11 is 0. The summed E-state index contributed by atoms with van der Waals surface area (Å²) in [6, 6.07) is 2.15. The highest BCUT2D eigenvalue weighted by atomic mass is 16.5. The highest BCUT2D eigenvalue weighted by Gasteiger charge is 2.39.